The van der Waals surface area contributed by atoms with Crippen molar-refractivity contribution in [3.05, 3.63) is 70.7 Å². The number of likely N-dealkylation sites (tertiary alicyclic amines) is 1. The Morgan fingerprint density at radius 3 is 2.00 bits per heavy atom. The van der Waals surface area contributed by atoms with E-state index in [1.54, 1.807) is 0 Å². The Hall–Kier alpha value is -1.35. The van der Waals surface area contributed by atoms with Gasteiger partial charge in [-0.05, 0) is 43.4 Å². The molecule has 3 rings (SSSR count). The predicted molar refractivity (Wildman–Crippen MR) is 94.8 cm³/mol. The normalized spacial score (nSPS) is 19.0. The van der Waals surface area contributed by atoms with Crippen LogP contribution < -0.4 is 4.90 Å². The molecule has 0 bridgehead atoms. The maximum absolute atomic E-state index is 11.1. The summed E-state index contributed by atoms with van der Waals surface area (Å²) in [4.78, 5) is 1.50. The van der Waals surface area contributed by atoms with E-state index in [1.807, 2.05) is 30.3 Å². The van der Waals surface area contributed by atoms with E-state index in [9.17, 15) is 5.11 Å². The molecule has 0 amide bonds. The zero-order valence-electron chi connectivity index (χ0n) is 13.4. The van der Waals surface area contributed by atoms with E-state index >= 15 is 0 Å². The molecule has 1 aliphatic heterocycles. The van der Waals surface area contributed by atoms with E-state index in [1.165, 1.54) is 36.1 Å². The number of quaternary nitrogens is 1. The Labute approximate surface area is 143 Å². The van der Waals surface area contributed by atoms with Crippen LogP contribution in [0.1, 0.15) is 49.0 Å². The van der Waals surface area contributed by atoms with E-state index in [-0.39, 0.29) is 6.04 Å². The van der Waals surface area contributed by atoms with Crippen LogP contribution in [0, 0.1) is 0 Å². The fourth-order valence-corrected chi connectivity index (χ4v) is 3.77. The maximum atomic E-state index is 11.1. The van der Waals surface area contributed by atoms with Crippen molar-refractivity contribution in [3.63, 3.8) is 0 Å². The van der Waals surface area contributed by atoms with Crippen LogP contribution in [0.25, 0.3) is 0 Å². The summed E-state index contributed by atoms with van der Waals surface area (Å²) in [6, 6.07) is 18.1. The first-order valence-corrected chi connectivity index (χ1v) is 8.96. The predicted octanol–water partition coefficient (Wildman–Crippen LogP) is 3.57. The quantitative estimate of drug-likeness (QED) is 0.880. The van der Waals surface area contributed by atoms with Gasteiger partial charge in [0.15, 0.2) is 0 Å². The standard InChI is InChI=1S/C20H24ClNO/c21-18-12-10-17(11-13-18)20(23)19(16-8-4-3-5-9-16)22-14-6-1-2-7-15-22/h3-5,8-13,19-20,23H,1-2,6-7,14-15H2/p+1/t19-,20-/m1/s1. The first kappa shape index (κ1) is 16.5. The lowest BCUT2D eigenvalue weighted by molar-refractivity contribution is -0.935. The molecule has 2 atom stereocenters. The summed E-state index contributed by atoms with van der Waals surface area (Å²) >= 11 is 6.00. The van der Waals surface area contributed by atoms with Crippen LogP contribution in [0.5, 0.6) is 0 Å². The van der Waals surface area contributed by atoms with Gasteiger partial charge < -0.3 is 10.0 Å². The number of nitrogens with one attached hydrogen (secondary N) is 1. The van der Waals surface area contributed by atoms with Crippen LogP contribution >= 0.6 is 11.6 Å². The van der Waals surface area contributed by atoms with E-state index in [0.29, 0.717) is 5.02 Å². The van der Waals surface area contributed by atoms with Crippen molar-refractivity contribution in [2.75, 3.05) is 13.1 Å². The summed E-state index contributed by atoms with van der Waals surface area (Å²) in [5, 5.41) is 11.8. The van der Waals surface area contributed by atoms with Gasteiger partial charge in [0.2, 0.25) is 0 Å². The minimum Gasteiger partial charge on any atom is -0.382 e. The van der Waals surface area contributed by atoms with E-state index in [0.717, 1.165) is 18.7 Å². The second-order valence-electron chi connectivity index (χ2n) is 6.46. The van der Waals surface area contributed by atoms with Crippen LogP contribution in [0.2, 0.25) is 5.02 Å². The van der Waals surface area contributed by atoms with Crippen LogP contribution in [0.3, 0.4) is 0 Å². The number of hydrogen-bond acceptors (Lipinski definition) is 1. The fraction of sp³-hybridized carbons (Fsp3) is 0.400. The monoisotopic (exact) mass is 330 g/mol. The van der Waals surface area contributed by atoms with Crippen LogP contribution in [0.4, 0.5) is 0 Å². The van der Waals surface area contributed by atoms with Gasteiger partial charge in [0.1, 0.15) is 12.1 Å². The Morgan fingerprint density at radius 2 is 1.39 bits per heavy atom. The van der Waals surface area contributed by atoms with Crippen molar-refractivity contribution < 1.29 is 10.0 Å². The molecule has 1 fully saturated rings. The average Bonchev–Trinajstić information content (AvgIpc) is 2.86. The number of hydrogen-bond donors (Lipinski definition) is 2. The lowest BCUT2D eigenvalue weighted by Crippen LogP contribution is -3.12. The molecule has 0 aromatic heterocycles. The van der Waals surface area contributed by atoms with Crippen molar-refractivity contribution in [2.24, 2.45) is 0 Å². The Balaban J connectivity index is 1.92. The van der Waals surface area contributed by atoms with Gasteiger partial charge in [0.25, 0.3) is 0 Å². The van der Waals surface area contributed by atoms with Crippen molar-refractivity contribution in [2.45, 2.75) is 37.8 Å². The summed E-state index contributed by atoms with van der Waals surface area (Å²) in [5.74, 6) is 0. The molecular weight excluding hydrogens is 306 g/mol. The second kappa shape index (κ2) is 7.96. The molecule has 23 heavy (non-hydrogen) atoms. The number of halogens is 1. The van der Waals surface area contributed by atoms with E-state index < -0.39 is 6.10 Å². The molecule has 1 saturated heterocycles. The van der Waals surface area contributed by atoms with Crippen molar-refractivity contribution >= 4 is 11.6 Å². The van der Waals surface area contributed by atoms with Gasteiger partial charge >= 0.3 is 0 Å². The van der Waals surface area contributed by atoms with Gasteiger partial charge in [-0.25, -0.2) is 0 Å². The molecule has 2 nitrogen and oxygen atoms in total. The number of rotatable bonds is 4. The van der Waals surface area contributed by atoms with Gasteiger partial charge in [-0.1, -0.05) is 54.1 Å². The molecule has 2 N–H and O–H groups in total. The zero-order valence-corrected chi connectivity index (χ0v) is 14.2. The van der Waals surface area contributed by atoms with Crippen molar-refractivity contribution in [1.82, 2.24) is 0 Å². The van der Waals surface area contributed by atoms with Crippen LogP contribution in [0.15, 0.2) is 54.6 Å². The first-order chi connectivity index (χ1) is 11.3. The molecule has 0 spiro atoms. The number of aliphatic hydroxyl groups is 1. The van der Waals surface area contributed by atoms with Gasteiger partial charge in [0.05, 0.1) is 13.1 Å². The third-order valence-electron chi connectivity index (χ3n) is 4.87. The summed E-state index contributed by atoms with van der Waals surface area (Å²) in [5.41, 5.74) is 2.16. The largest absolute Gasteiger partial charge is 0.382 e. The Bertz CT molecular complexity index is 591. The number of aliphatic hydroxyl groups excluding tert-OH is 1. The van der Waals surface area contributed by atoms with Crippen molar-refractivity contribution in [3.8, 4) is 0 Å². The lowest BCUT2D eigenvalue weighted by Gasteiger charge is -2.31. The first-order valence-electron chi connectivity index (χ1n) is 8.59. The second-order valence-corrected chi connectivity index (χ2v) is 6.89. The highest BCUT2D eigenvalue weighted by atomic mass is 35.5. The molecule has 1 aliphatic rings. The van der Waals surface area contributed by atoms with Gasteiger partial charge in [-0.15, -0.1) is 0 Å². The summed E-state index contributed by atoms with van der Waals surface area (Å²) in [6.07, 6.45) is 4.59. The smallest absolute Gasteiger partial charge is 0.144 e. The molecule has 0 radical (unpaired) electrons. The molecule has 122 valence electrons. The average molecular weight is 331 g/mol. The minimum atomic E-state index is -0.511. The third kappa shape index (κ3) is 4.14. The van der Waals surface area contributed by atoms with Gasteiger partial charge in [0, 0.05) is 10.6 Å². The maximum Gasteiger partial charge on any atom is 0.144 e. The topological polar surface area (TPSA) is 24.7 Å². The summed E-state index contributed by atoms with van der Waals surface area (Å²) in [6.45, 7) is 2.26. The summed E-state index contributed by atoms with van der Waals surface area (Å²) < 4.78 is 0. The molecule has 1 heterocycles. The summed E-state index contributed by atoms with van der Waals surface area (Å²) in [7, 11) is 0. The highest BCUT2D eigenvalue weighted by Gasteiger charge is 2.32. The molecule has 2 aromatic rings. The molecular formula is C20H25ClNO+. The Kier molecular flexibility index (Phi) is 5.71. The highest BCUT2D eigenvalue weighted by Crippen LogP contribution is 2.28. The van der Waals surface area contributed by atoms with Gasteiger partial charge in [-0.3, -0.25) is 0 Å². The van der Waals surface area contributed by atoms with E-state index in [4.69, 9.17) is 11.6 Å². The van der Waals surface area contributed by atoms with Gasteiger partial charge in [-0.2, -0.15) is 0 Å². The highest BCUT2D eigenvalue weighted by molar-refractivity contribution is 6.30. The molecule has 0 aliphatic carbocycles. The lowest BCUT2D eigenvalue weighted by atomic mass is 9.94. The zero-order chi connectivity index (χ0) is 16.1. The minimum absolute atomic E-state index is 0.0791. The molecule has 0 saturated carbocycles. The van der Waals surface area contributed by atoms with Crippen molar-refractivity contribution in [1.29, 1.82) is 0 Å². The SMILES string of the molecule is O[C@H](c1ccc(Cl)cc1)[C@@H](c1ccccc1)[NH+]1CCCCCC1. The molecule has 0 unspecified atom stereocenters. The molecule has 2 aromatic carbocycles. The van der Waals surface area contributed by atoms with E-state index in [2.05, 4.69) is 24.3 Å². The number of benzene rings is 2. The Morgan fingerprint density at radius 1 is 0.783 bits per heavy atom. The van der Waals surface area contributed by atoms with Crippen LogP contribution in [-0.2, 0) is 0 Å². The fourth-order valence-electron chi connectivity index (χ4n) is 3.65. The van der Waals surface area contributed by atoms with Crippen LogP contribution in [-0.4, -0.2) is 18.2 Å². The molecule has 3 heteroatoms. The third-order valence-corrected chi connectivity index (χ3v) is 5.12.